The third-order valence-corrected chi connectivity index (χ3v) is 3.52. The molecular formula is C14H19NO2. The first kappa shape index (κ1) is 12.1. The molecule has 1 atom stereocenters. The lowest BCUT2D eigenvalue weighted by Crippen LogP contribution is -2.20. The van der Waals surface area contributed by atoms with Gasteiger partial charge in [-0.1, -0.05) is 19.1 Å². The summed E-state index contributed by atoms with van der Waals surface area (Å²) in [6.07, 6.45) is 2.22. The quantitative estimate of drug-likeness (QED) is 0.867. The summed E-state index contributed by atoms with van der Waals surface area (Å²) in [4.78, 5) is 13.3. The average molecular weight is 233 g/mol. The van der Waals surface area contributed by atoms with Crippen LogP contribution >= 0.6 is 0 Å². The van der Waals surface area contributed by atoms with Gasteiger partial charge in [0.15, 0.2) is 0 Å². The topological polar surface area (TPSA) is 40.5 Å². The van der Waals surface area contributed by atoms with E-state index < -0.39 is 5.97 Å². The number of hydrogen-bond donors (Lipinski definition) is 1. The fraction of sp³-hybridized carbons (Fsp3) is 0.500. The van der Waals surface area contributed by atoms with Gasteiger partial charge in [0, 0.05) is 6.54 Å². The number of aromatic carboxylic acids is 1. The van der Waals surface area contributed by atoms with E-state index in [1.807, 2.05) is 12.1 Å². The van der Waals surface area contributed by atoms with Crippen molar-refractivity contribution in [3.05, 3.63) is 35.4 Å². The molecule has 0 spiro atoms. The molecule has 0 aliphatic carbocycles. The number of nitrogens with zero attached hydrogens (tertiary/aromatic N) is 1. The highest BCUT2D eigenvalue weighted by molar-refractivity contribution is 5.87. The van der Waals surface area contributed by atoms with Crippen LogP contribution in [0.3, 0.4) is 0 Å². The predicted molar refractivity (Wildman–Crippen MR) is 67.3 cm³/mol. The molecule has 1 aromatic carbocycles. The summed E-state index contributed by atoms with van der Waals surface area (Å²) in [6, 6.07) is 7.32. The van der Waals surface area contributed by atoms with Crippen molar-refractivity contribution in [2.45, 2.75) is 19.8 Å². The van der Waals surface area contributed by atoms with Gasteiger partial charge in [0.1, 0.15) is 0 Å². The lowest BCUT2D eigenvalue weighted by atomic mass is 9.97. The number of hydrogen-bond acceptors (Lipinski definition) is 2. The normalized spacial score (nSPS) is 20.6. The first-order valence-corrected chi connectivity index (χ1v) is 6.23. The summed E-state index contributed by atoms with van der Waals surface area (Å²) < 4.78 is 0. The van der Waals surface area contributed by atoms with E-state index in [2.05, 4.69) is 11.8 Å². The average Bonchev–Trinajstić information content (AvgIpc) is 2.77. The molecule has 1 N–H and O–H groups in total. The molecule has 3 heteroatoms. The zero-order valence-electron chi connectivity index (χ0n) is 10.2. The molecule has 1 aromatic rings. The molecule has 0 saturated carbocycles. The summed E-state index contributed by atoms with van der Waals surface area (Å²) in [5, 5.41) is 8.94. The molecule has 92 valence electrons. The van der Waals surface area contributed by atoms with Gasteiger partial charge in [-0.15, -0.1) is 0 Å². The minimum Gasteiger partial charge on any atom is -0.478 e. The summed E-state index contributed by atoms with van der Waals surface area (Å²) in [7, 11) is 0. The molecule has 0 aromatic heterocycles. The minimum atomic E-state index is -0.839. The molecule has 1 heterocycles. The van der Waals surface area contributed by atoms with Crippen molar-refractivity contribution in [3.8, 4) is 0 Å². The van der Waals surface area contributed by atoms with Crippen molar-refractivity contribution in [1.29, 1.82) is 0 Å². The second-order valence-electron chi connectivity index (χ2n) is 4.76. The maximum Gasteiger partial charge on any atom is 0.335 e. The van der Waals surface area contributed by atoms with Gasteiger partial charge in [0.25, 0.3) is 0 Å². The lowest BCUT2D eigenvalue weighted by Gasteiger charge is -2.13. The Morgan fingerprint density at radius 3 is 3.00 bits per heavy atom. The van der Waals surface area contributed by atoms with Gasteiger partial charge in [-0.3, -0.25) is 0 Å². The van der Waals surface area contributed by atoms with Crippen molar-refractivity contribution < 1.29 is 9.90 Å². The molecular weight excluding hydrogens is 214 g/mol. The zero-order valence-corrected chi connectivity index (χ0v) is 10.2. The van der Waals surface area contributed by atoms with Crippen LogP contribution in [0, 0.1) is 5.92 Å². The lowest BCUT2D eigenvalue weighted by molar-refractivity contribution is 0.0696. The highest BCUT2D eigenvalue weighted by atomic mass is 16.4. The zero-order chi connectivity index (χ0) is 12.3. The molecule has 0 radical (unpaired) electrons. The number of carboxylic acid groups (broad SMARTS) is 1. The smallest absolute Gasteiger partial charge is 0.335 e. The third kappa shape index (κ3) is 3.07. The molecule has 1 aliphatic heterocycles. The van der Waals surface area contributed by atoms with Crippen LogP contribution < -0.4 is 0 Å². The van der Waals surface area contributed by atoms with E-state index in [1.54, 1.807) is 12.1 Å². The summed E-state index contributed by atoms with van der Waals surface area (Å²) >= 11 is 0. The van der Waals surface area contributed by atoms with Crippen LogP contribution in [0.25, 0.3) is 0 Å². The predicted octanol–water partition coefficient (Wildman–Crippen LogP) is 2.27. The van der Waals surface area contributed by atoms with Crippen LogP contribution in [0.2, 0.25) is 0 Å². The number of benzene rings is 1. The summed E-state index contributed by atoms with van der Waals surface area (Å²) in [5.41, 5.74) is 1.54. The number of carboxylic acids is 1. The van der Waals surface area contributed by atoms with Crippen molar-refractivity contribution in [2.24, 2.45) is 5.92 Å². The molecule has 0 bridgehead atoms. The van der Waals surface area contributed by atoms with Gasteiger partial charge in [0.2, 0.25) is 0 Å². The first-order chi connectivity index (χ1) is 8.19. The van der Waals surface area contributed by atoms with Crippen LogP contribution in [-0.4, -0.2) is 35.6 Å². The van der Waals surface area contributed by atoms with Crippen LogP contribution in [0.1, 0.15) is 29.3 Å². The largest absolute Gasteiger partial charge is 0.478 e. The Morgan fingerprint density at radius 2 is 2.35 bits per heavy atom. The first-order valence-electron chi connectivity index (χ1n) is 6.23. The Labute approximate surface area is 102 Å². The highest BCUT2D eigenvalue weighted by Crippen LogP contribution is 2.21. The molecule has 0 amide bonds. The van der Waals surface area contributed by atoms with Crippen LogP contribution in [0.5, 0.6) is 0 Å². The standard InChI is InChI=1S/C14H19NO2/c1-2-15-7-6-12(10-15)8-11-4-3-5-13(9-11)14(16)17/h3-5,9,12H,2,6-8,10H2,1H3,(H,16,17)/t12-/m0/s1. The van der Waals surface area contributed by atoms with Gasteiger partial charge >= 0.3 is 5.97 Å². The van der Waals surface area contributed by atoms with E-state index in [9.17, 15) is 4.79 Å². The van der Waals surface area contributed by atoms with Crippen LogP contribution in [-0.2, 0) is 6.42 Å². The summed E-state index contributed by atoms with van der Waals surface area (Å²) in [5.74, 6) is -0.160. The molecule has 1 saturated heterocycles. The third-order valence-electron chi connectivity index (χ3n) is 3.52. The Balaban J connectivity index is 1.99. The van der Waals surface area contributed by atoms with E-state index >= 15 is 0 Å². The van der Waals surface area contributed by atoms with Gasteiger partial charge in [-0.2, -0.15) is 0 Å². The SMILES string of the molecule is CCN1CC[C@@H](Cc2cccc(C(=O)O)c2)C1. The Bertz CT molecular complexity index is 403. The number of likely N-dealkylation sites (tertiary alicyclic amines) is 1. The van der Waals surface area contributed by atoms with E-state index in [4.69, 9.17) is 5.11 Å². The molecule has 1 aliphatic rings. The molecule has 17 heavy (non-hydrogen) atoms. The van der Waals surface area contributed by atoms with Crippen molar-refractivity contribution >= 4 is 5.97 Å². The Morgan fingerprint density at radius 1 is 1.53 bits per heavy atom. The molecule has 2 rings (SSSR count). The molecule has 0 unspecified atom stereocenters. The van der Waals surface area contributed by atoms with Crippen molar-refractivity contribution in [3.63, 3.8) is 0 Å². The second kappa shape index (κ2) is 5.32. The Kier molecular flexibility index (Phi) is 3.79. The fourth-order valence-corrected chi connectivity index (χ4v) is 2.53. The minimum absolute atomic E-state index is 0.396. The van der Waals surface area contributed by atoms with E-state index in [0.29, 0.717) is 11.5 Å². The van der Waals surface area contributed by atoms with Gasteiger partial charge in [-0.25, -0.2) is 4.79 Å². The number of rotatable bonds is 4. The molecule has 3 nitrogen and oxygen atoms in total. The van der Waals surface area contributed by atoms with E-state index in [1.165, 1.54) is 13.0 Å². The monoisotopic (exact) mass is 233 g/mol. The van der Waals surface area contributed by atoms with Gasteiger partial charge < -0.3 is 10.0 Å². The molecule has 1 fully saturated rings. The van der Waals surface area contributed by atoms with Crippen molar-refractivity contribution in [1.82, 2.24) is 4.90 Å². The van der Waals surface area contributed by atoms with E-state index in [-0.39, 0.29) is 0 Å². The van der Waals surface area contributed by atoms with Crippen LogP contribution in [0.4, 0.5) is 0 Å². The maximum absolute atomic E-state index is 10.9. The van der Waals surface area contributed by atoms with Crippen LogP contribution in [0.15, 0.2) is 24.3 Å². The van der Waals surface area contributed by atoms with Gasteiger partial charge in [0.05, 0.1) is 5.56 Å². The van der Waals surface area contributed by atoms with E-state index in [0.717, 1.165) is 25.1 Å². The number of carbonyl (C=O) groups is 1. The van der Waals surface area contributed by atoms with Crippen molar-refractivity contribution in [2.75, 3.05) is 19.6 Å². The van der Waals surface area contributed by atoms with Gasteiger partial charge in [-0.05, 0) is 49.5 Å². The summed E-state index contributed by atoms with van der Waals surface area (Å²) in [6.45, 7) is 5.63. The second-order valence-corrected chi connectivity index (χ2v) is 4.76. The Hall–Kier alpha value is -1.35. The fourth-order valence-electron chi connectivity index (χ4n) is 2.53. The maximum atomic E-state index is 10.9. The highest BCUT2D eigenvalue weighted by Gasteiger charge is 2.21.